The predicted molar refractivity (Wildman–Crippen MR) is 421 cm³/mol. The molecule has 0 bridgehead atoms. The molecule has 2 aromatic heterocycles. The molecule has 4 aliphatic rings. The molecule has 476 valence electrons. The van der Waals surface area contributed by atoms with Crippen LogP contribution in [0.15, 0.2) is 387 Å². The van der Waals surface area contributed by atoms with Crippen molar-refractivity contribution in [1.82, 2.24) is 4.57 Å². The first kappa shape index (κ1) is 57.9. The second kappa shape index (κ2) is 22.5. The molecule has 1 N–H and O–H groups in total. The van der Waals surface area contributed by atoms with Crippen molar-refractivity contribution in [3.05, 3.63) is 449 Å². The molecule has 0 saturated heterocycles. The first-order valence-electron chi connectivity index (χ1n) is 35.5. The van der Waals surface area contributed by atoms with Crippen LogP contribution in [0, 0.1) is 0 Å². The summed E-state index contributed by atoms with van der Waals surface area (Å²) in [4.78, 5) is 0. The van der Waals surface area contributed by atoms with Gasteiger partial charge in [0.15, 0.2) is 0 Å². The van der Waals surface area contributed by atoms with Gasteiger partial charge in [-0.2, -0.15) is 0 Å². The van der Waals surface area contributed by atoms with Gasteiger partial charge in [-0.05, 0) is 171 Å². The fraction of sp³-hybridized carbons (Fsp3) is 0.0303. The van der Waals surface area contributed by atoms with Crippen LogP contribution in [0.3, 0.4) is 0 Å². The van der Waals surface area contributed by atoms with Crippen LogP contribution in [0.4, 0.5) is 11.4 Å². The van der Waals surface area contributed by atoms with E-state index in [1.165, 1.54) is 139 Å². The van der Waals surface area contributed by atoms with Crippen LogP contribution >= 0.6 is 0 Å². The maximum absolute atomic E-state index is 6.31. The summed E-state index contributed by atoms with van der Waals surface area (Å²) >= 11 is 0. The van der Waals surface area contributed by atoms with Gasteiger partial charge in [0.05, 0.1) is 33.0 Å². The number of para-hydroxylation sites is 5. The van der Waals surface area contributed by atoms with E-state index < -0.39 is 16.2 Å². The van der Waals surface area contributed by atoms with E-state index in [4.69, 9.17) is 4.42 Å². The van der Waals surface area contributed by atoms with Gasteiger partial charge in [0.2, 0.25) is 0 Å². The number of furan rings is 1. The van der Waals surface area contributed by atoms with Gasteiger partial charge in [-0.3, -0.25) is 0 Å². The molecule has 1 unspecified atom stereocenters. The summed E-state index contributed by atoms with van der Waals surface area (Å²) in [5.41, 5.74) is 34.7. The van der Waals surface area contributed by atoms with Crippen molar-refractivity contribution < 1.29 is 4.42 Å². The Kier molecular flexibility index (Phi) is 12.8. The topological polar surface area (TPSA) is 30.1 Å². The maximum Gasteiger partial charge on any atom is 0.143 e. The van der Waals surface area contributed by atoms with Crippen LogP contribution in [0.2, 0.25) is 0 Å². The zero-order chi connectivity index (χ0) is 67.1. The lowest BCUT2D eigenvalue weighted by Crippen LogP contribution is -2.33. The first-order chi connectivity index (χ1) is 50.6. The van der Waals surface area contributed by atoms with Crippen LogP contribution in [0.1, 0.15) is 66.8 Å². The van der Waals surface area contributed by atoms with Gasteiger partial charge in [0.1, 0.15) is 11.2 Å². The zero-order valence-corrected chi connectivity index (χ0v) is 55.7. The Bertz CT molecular complexity index is 6320. The standard InChI is InChI=1S/C56H35N.C43H29NO/c1-3-16-38(17-4-1)55(39-18-5-2-6-19-39)46-24-10-8-21-41(46)45-34-36(31-33-48(45)55)37-30-32-42-40-20-7-11-25-47(40)56(51(42)35-37)49-26-12-14-29-53(49)57-52-28-13-9-22-43(52)44-23-15-27-50(56)54(44)57;1-3-12-30(13-4-1)43(31-14-5-2-6-15-31)39-20-9-7-16-35(39)36-27-26-33(28-40(36)43)44-32-24-22-29(23-25-32)34-18-11-19-38-37-17-8-10-21-41(37)45-42(34)38/h1-35H;1-28,44H. The molecule has 16 aromatic carbocycles. The molecule has 3 nitrogen and oxygen atoms in total. The summed E-state index contributed by atoms with van der Waals surface area (Å²) in [6.07, 6.45) is 0. The van der Waals surface area contributed by atoms with E-state index in [-0.39, 0.29) is 0 Å². The number of hydrogen-bond donors (Lipinski definition) is 1. The van der Waals surface area contributed by atoms with E-state index in [2.05, 4.69) is 380 Å². The van der Waals surface area contributed by atoms with Gasteiger partial charge in [0.25, 0.3) is 0 Å². The minimum atomic E-state index is -0.485. The molecule has 3 heterocycles. The average Bonchev–Trinajstić information content (AvgIpc) is 1.49. The Morgan fingerprint density at radius 1 is 0.235 bits per heavy atom. The molecule has 0 saturated carbocycles. The number of rotatable bonds is 8. The molecular formula is C99H64N2O. The Morgan fingerprint density at radius 2 is 0.657 bits per heavy atom. The number of fused-ring (bicyclic) bond motifs is 21. The summed E-state index contributed by atoms with van der Waals surface area (Å²) < 4.78 is 8.83. The van der Waals surface area contributed by atoms with Crippen LogP contribution in [-0.4, -0.2) is 4.57 Å². The molecular weight excluding hydrogens is 1230 g/mol. The molecule has 3 aliphatic carbocycles. The van der Waals surface area contributed by atoms with Gasteiger partial charge >= 0.3 is 0 Å². The molecule has 0 radical (unpaired) electrons. The molecule has 3 heteroatoms. The normalized spacial score (nSPS) is 14.9. The van der Waals surface area contributed by atoms with Gasteiger partial charge < -0.3 is 14.3 Å². The highest BCUT2D eigenvalue weighted by atomic mass is 16.3. The van der Waals surface area contributed by atoms with Gasteiger partial charge in [-0.1, -0.05) is 328 Å². The number of anilines is 2. The third-order valence-electron chi connectivity index (χ3n) is 22.8. The Hall–Kier alpha value is -13.1. The second-order valence-electron chi connectivity index (χ2n) is 27.7. The van der Waals surface area contributed by atoms with E-state index in [1.807, 2.05) is 12.1 Å². The van der Waals surface area contributed by atoms with Gasteiger partial charge in [-0.15, -0.1) is 0 Å². The highest BCUT2D eigenvalue weighted by molar-refractivity contribution is 6.13. The third kappa shape index (κ3) is 8.07. The summed E-state index contributed by atoms with van der Waals surface area (Å²) in [5.74, 6) is 0. The molecule has 18 aromatic rings. The minimum Gasteiger partial charge on any atom is -0.455 e. The van der Waals surface area contributed by atoms with Crippen LogP contribution < -0.4 is 5.32 Å². The van der Waals surface area contributed by atoms with Crippen molar-refractivity contribution >= 4 is 55.1 Å². The number of nitrogens with zero attached hydrogens (tertiary/aromatic N) is 1. The average molecular weight is 1300 g/mol. The Labute approximate surface area is 592 Å². The van der Waals surface area contributed by atoms with Gasteiger partial charge in [0, 0.05) is 38.5 Å². The van der Waals surface area contributed by atoms with E-state index in [1.54, 1.807) is 0 Å². The zero-order valence-electron chi connectivity index (χ0n) is 55.7. The molecule has 1 atom stereocenters. The number of nitrogens with one attached hydrogen (secondary N) is 1. The van der Waals surface area contributed by atoms with Crippen molar-refractivity contribution in [2.24, 2.45) is 0 Å². The van der Waals surface area contributed by atoms with Gasteiger partial charge in [-0.25, -0.2) is 0 Å². The lowest BCUT2D eigenvalue weighted by Gasteiger charge is -2.39. The molecule has 1 spiro atoms. The Morgan fingerprint density at radius 3 is 1.31 bits per heavy atom. The molecule has 22 rings (SSSR count). The Balaban J connectivity index is 0.000000137. The summed E-state index contributed by atoms with van der Waals surface area (Å²) in [7, 11) is 0. The van der Waals surface area contributed by atoms with Crippen LogP contribution in [0.5, 0.6) is 0 Å². The summed E-state index contributed by atoms with van der Waals surface area (Å²) in [5, 5.41) is 8.60. The smallest absolute Gasteiger partial charge is 0.143 e. The van der Waals surface area contributed by atoms with Crippen LogP contribution in [0.25, 0.3) is 105 Å². The number of aromatic nitrogens is 1. The first-order valence-corrected chi connectivity index (χ1v) is 35.5. The van der Waals surface area contributed by atoms with E-state index in [0.29, 0.717) is 0 Å². The fourth-order valence-corrected chi connectivity index (χ4v) is 18.8. The quantitative estimate of drug-likeness (QED) is 0.164. The monoisotopic (exact) mass is 1300 g/mol. The molecule has 1 aliphatic heterocycles. The third-order valence-corrected chi connectivity index (χ3v) is 22.8. The van der Waals surface area contributed by atoms with E-state index in [0.717, 1.165) is 44.4 Å². The van der Waals surface area contributed by atoms with Crippen molar-refractivity contribution in [3.63, 3.8) is 0 Å². The van der Waals surface area contributed by atoms with Crippen LogP contribution in [-0.2, 0) is 16.2 Å². The predicted octanol–water partition coefficient (Wildman–Crippen LogP) is 24.9. The highest BCUT2D eigenvalue weighted by Crippen LogP contribution is 2.63. The molecule has 102 heavy (non-hydrogen) atoms. The summed E-state index contributed by atoms with van der Waals surface area (Å²) in [6, 6.07) is 141. The van der Waals surface area contributed by atoms with Crippen molar-refractivity contribution in [1.29, 1.82) is 0 Å². The van der Waals surface area contributed by atoms with Crippen molar-refractivity contribution in [3.8, 4) is 61.3 Å². The summed E-state index contributed by atoms with van der Waals surface area (Å²) in [6.45, 7) is 0. The van der Waals surface area contributed by atoms with Crippen molar-refractivity contribution in [2.45, 2.75) is 16.2 Å². The van der Waals surface area contributed by atoms with E-state index in [9.17, 15) is 0 Å². The highest BCUT2D eigenvalue weighted by Gasteiger charge is 2.52. The second-order valence-corrected chi connectivity index (χ2v) is 27.7. The maximum atomic E-state index is 6.31. The number of hydrogen-bond acceptors (Lipinski definition) is 2. The minimum absolute atomic E-state index is 0.415. The molecule has 0 fully saturated rings. The largest absolute Gasteiger partial charge is 0.455 e. The lowest BCUT2D eigenvalue weighted by molar-refractivity contribution is 0.670. The molecule has 0 amide bonds. The number of benzene rings is 16. The SMILES string of the molecule is c1ccc(C2(c3ccccc3)c3ccccc3-c3cc(-c4ccc5c(c4)C4(c6ccccc6-5)c5ccccc5-n5c6ccccc6c6cccc4c65)ccc32)cc1.c1ccc(C2(c3ccccc3)c3ccccc3-c3ccc(Nc4ccc(-c5cccc6c5oc5ccccc56)cc4)cc32)cc1. The lowest BCUT2D eigenvalue weighted by atomic mass is 9.65. The van der Waals surface area contributed by atoms with E-state index >= 15 is 0 Å². The fourth-order valence-electron chi connectivity index (χ4n) is 18.8. The van der Waals surface area contributed by atoms with Crippen molar-refractivity contribution in [2.75, 3.05) is 5.32 Å².